The Morgan fingerprint density at radius 1 is 1.50 bits per heavy atom. The van der Waals surface area contributed by atoms with Crippen molar-refractivity contribution in [1.29, 1.82) is 0 Å². The second kappa shape index (κ2) is 5.69. The van der Waals surface area contributed by atoms with Crippen LogP contribution in [0.3, 0.4) is 0 Å². The monoisotopic (exact) mass is 304 g/mol. The maximum absolute atomic E-state index is 11.8. The van der Waals surface area contributed by atoms with Crippen LogP contribution in [0.25, 0.3) is 0 Å². The Kier molecular flexibility index (Phi) is 4.81. The van der Waals surface area contributed by atoms with Crippen molar-refractivity contribution >= 4 is 33.3 Å². The van der Waals surface area contributed by atoms with Gasteiger partial charge in [-0.1, -0.05) is 29.8 Å². The standard InChI is InChI=1S/C12H14BrClO2/c1-7(2)11-8(13)4-5-10(16-3)12(11)9(15)6-14/h4-5,7H,6H2,1-3H3. The highest BCUT2D eigenvalue weighted by atomic mass is 79.9. The highest BCUT2D eigenvalue weighted by Crippen LogP contribution is 2.34. The molecule has 0 amide bonds. The second-order valence-electron chi connectivity index (χ2n) is 3.75. The van der Waals surface area contributed by atoms with Crippen LogP contribution in [0.5, 0.6) is 5.75 Å². The van der Waals surface area contributed by atoms with Crippen molar-refractivity contribution in [2.45, 2.75) is 19.8 Å². The molecule has 1 aromatic rings. The first-order valence-electron chi connectivity index (χ1n) is 4.98. The van der Waals surface area contributed by atoms with Crippen LogP contribution < -0.4 is 4.74 Å². The van der Waals surface area contributed by atoms with E-state index in [2.05, 4.69) is 15.9 Å². The maximum atomic E-state index is 11.8. The number of methoxy groups -OCH3 is 1. The molecule has 0 aromatic heterocycles. The van der Waals surface area contributed by atoms with Gasteiger partial charge in [-0.3, -0.25) is 4.79 Å². The van der Waals surface area contributed by atoms with Gasteiger partial charge < -0.3 is 4.74 Å². The van der Waals surface area contributed by atoms with Crippen LogP contribution in [0.4, 0.5) is 0 Å². The minimum atomic E-state index is -0.108. The first kappa shape index (κ1) is 13.5. The van der Waals surface area contributed by atoms with Gasteiger partial charge in [-0.15, -0.1) is 11.6 Å². The summed E-state index contributed by atoms with van der Waals surface area (Å²) in [6.07, 6.45) is 0. The van der Waals surface area contributed by atoms with Crippen LogP contribution >= 0.6 is 27.5 Å². The summed E-state index contributed by atoms with van der Waals surface area (Å²) >= 11 is 9.08. The number of hydrogen-bond acceptors (Lipinski definition) is 2. The summed E-state index contributed by atoms with van der Waals surface area (Å²) in [6.45, 7) is 4.06. The fourth-order valence-corrected chi connectivity index (χ4v) is 2.58. The molecule has 0 radical (unpaired) electrons. The summed E-state index contributed by atoms with van der Waals surface area (Å²) in [4.78, 5) is 11.8. The highest BCUT2D eigenvalue weighted by molar-refractivity contribution is 9.10. The summed E-state index contributed by atoms with van der Waals surface area (Å²) in [5, 5.41) is 0. The molecule has 1 rings (SSSR count). The average Bonchev–Trinajstić information content (AvgIpc) is 2.27. The van der Waals surface area contributed by atoms with Crippen LogP contribution in [0.2, 0.25) is 0 Å². The van der Waals surface area contributed by atoms with E-state index in [1.54, 1.807) is 13.2 Å². The van der Waals surface area contributed by atoms with Crippen molar-refractivity contribution < 1.29 is 9.53 Å². The third kappa shape index (κ3) is 2.58. The SMILES string of the molecule is COc1ccc(Br)c(C(C)C)c1C(=O)CCl. The van der Waals surface area contributed by atoms with E-state index < -0.39 is 0 Å². The van der Waals surface area contributed by atoms with Gasteiger partial charge in [0.2, 0.25) is 0 Å². The first-order valence-corrected chi connectivity index (χ1v) is 6.31. The van der Waals surface area contributed by atoms with E-state index in [9.17, 15) is 4.79 Å². The molecule has 0 heterocycles. The van der Waals surface area contributed by atoms with E-state index in [0.717, 1.165) is 10.0 Å². The molecular formula is C12H14BrClO2. The van der Waals surface area contributed by atoms with Gasteiger partial charge in [-0.25, -0.2) is 0 Å². The minimum absolute atomic E-state index is 0.0352. The number of halogens is 2. The van der Waals surface area contributed by atoms with E-state index in [-0.39, 0.29) is 17.6 Å². The van der Waals surface area contributed by atoms with Crippen molar-refractivity contribution in [1.82, 2.24) is 0 Å². The van der Waals surface area contributed by atoms with E-state index >= 15 is 0 Å². The molecule has 16 heavy (non-hydrogen) atoms. The zero-order valence-electron chi connectivity index (χ0n) is 9.51. The fraction of sp³-hybridized carbons (Fsp3) is 0.417. The predicted molar refractivity (Wildman–Crippen MR) is 69.8 cm³/mol. The largest absolute Gasteiger partial charge is 0.496 e. The Bertz CT molecular complexity index is 402. The number of hydrogen-bond donors (Lipinski definition) is 0. The van der Waals surface area contributed by atoms with E-state index in [1.807, 2.05) is 19.9 Å². The number of carbonyl (C=O) groups is 1. The smallest absolute Gasteiger partial charge is 0.181 e. The Labute approximate surface area is 109 Å². The summed E-state index contributed by atoms with van der Waals surface area (Å²) < 4.78 is 6.13. The highest BCUT2D eigenvalue weighted by Gasteiger charge is 2.20. The zero-order valence-corrected chi connectivity index (χ0v) is 11.9. The third-order valence-electron chi connectivity index (χ3n) is 2.35. The van der Waals surface area contributed by atoms with Crippen LogP contribution in [0.1, 0.15) is 35.7 Å². The summed E-state index contributed by atoms with van der Waals surface area (Å²) in [5.41, 5.74) is 1.53. The van der Waals surface area contributed by atoms with Gasteiger partial charge in [0.15, 0.2) is 5.78 Å². The van der Waals surface area contributed by atoms with Gasteiger partial charge in [-0.05, 0) is 23.6 Å². The lowest BCUT2D eigenvalue weighted by Crippen LogP contribution is -2.09. The van der Waals surface area contributed by atoms with Gasteiger partial charge in [-0.2, -0.15) is 0 Å². The van der Waals surface area contributed by atoms with Crippen molar-refractivity contribution in [2.75, 3.05) is 13.0 Å². The van der Waals surface area contributed by atoms with Crippen LogP contribution in [-0.4, -0.2) is 18.8 Å². The van der Waals surface area contributed by atoms with Crippen LogP contribution in [0, 0.1) is 0 Å². The number of alkyl halides is 1. The van der Waals surface area contributed by atoms with E-state index in [1.165, 1.54) is 0 Å². The van der Waals surface area contributed by atoms with Gasteiger partial charge in [0.25, 0.3) is 0 Å². The summed E-state index contributed by atoms with van der Waals surface area (Å²) in [7, 11) is 1.55. The summed E-state index contributed by atoms with van der Waals surface area (Å²) in [5.74, 6) is 0.666. The number of Topliss-reactive ketones (excluding diaryl/α,β-unsaturated/α-hetero) is 1. The van der Waals surface area contributed by atoms with Crippen molar-refractivity contribution in [3.05, 3.63) is 27.7 Å². The number of ketones is 1. The zero-order chi connectivity index (χ0) is 12.3. The molecule has 0 bridgehead atoms. The lowest BCUT2D eigenvalue weighted by atomic mass is 9.94. The molecule has 0 saturated carbocycles. The Morgan fingerprint density at radius 3 is 2.56 bits per heavy atom. The topological polar surface area (TPSA) is 26.3 Å². The van der Waals surface area contributed by atoms with Crippen LogP contribution in [-0.2, 0) is 0 Å². The molecule has 88 valence electrons. The molecule has 0 N–H and O–H groups in total. The molecule has 0 saturated heterocycles. The molecule has 0 atom stereocenters. The number of benzene rings is 1. The minimum Gasteiger partial charge on any atom is -0.496 e. The Morgan fingerprint density at radius 2 is 2.12 bits per heavy atom. The number of carbonyl (C=O) groups excluding carboxylic acids is 1. The lowest BCUT2D eigenvalue weighted by Gasteiger charge is -2.16. The molecule has 0 aliphatic rings. The molecule has 0 unspecified atom stereocenters. The molecule has 1 aromatic carbocycles. The van der Waals surface area contributed by atoms with Gasteiger partial charge >= 0.3 is 0 Å². The normalized spacial score (nSPS) is 10.6. The first-order chi connectivity index (χ1) is 7.52. The van der Waals surface area contributed by atoms with Crippen LogP contribution in [0.15, 0.2) is 16.6 Å². The maximum Gasteiger partial charge on any atom is 0.181 e. The van der Waals surface area contributed by atoms with Gasteiger partial charge in [0.05, 0.1) is 18.6 Å². The molecule has 0 fully saturated rings. The second-order valence-corrected chi connectivity index (χ2v) is 4.87. The molecule has 0 aliphatic carbocycles. The quantitative estimate of drug-likeness (QED) is 0.621. The number of ether oxygens (including phenoxy) is 1. The molecule has 0 spiro atoms. The molecule has 4 heteroatoms. The van der Waals surface area contributed by atoms with Crippen molar-refractivity contribution in [3.8, 4) is 5.75 Å². The lowest BCUT2D eigenvalue weighted by molar-refractivity contribution is 0.101. The average molecular weight is 306 g/mol. The molecule has 2 nitrogen and oxygen atoms in total. The fourth-order valence-electron chi connectivity index (χ4n) is 1.66. The summed E-state index contributed by atoms with van der Waals surface area (Å²) in [6, 6.07) is 3.66. The van der Waals surface area contributed by atoms with Gasteiger partial charge in [0, 0.05) is 4.47 Å². The Hall–Kier alpha value is -0.540. The molecular weight excluding hydrogens is 291 g/mol. The van der Waals surface area contributed by atoms with Gasteiger partial charge in [0.1, 0.15) is 5.75 Å². The third-order valence-corrected chi connectivity index (χ3v) is 3.29. The Balaban J connectivity index is 3.48. The van der Waals surface area contributed by atoms with Crippen molar-refractivity contribution in [3.63, 3.8) is 0 Å². The van der Waals surface area contributed by atoms with E-state index in [0.29, 0.717) is 11.3 Å². The predicted octanol–water partition coefficient (Wildman–Crippen LogP) is 4.00. The number of rotatable bonds is 4. The van der Waals surface area contributed by atoms with Crippen molar-refractivity contribution in [2.24, 2.45) is 0 Å². The van der Waals surface area contributed by atoms with E-state index in [4.69, 9.17) is 16.3 Å². The molecule has 0 aliphatic heterocycles.